The highest BCUT2D eigenvalue weighted by Gasteiger charge is 2.22. The average Bonchev–Trinajstić information content (AvgIpc) is 3.22. The molecule has 3 aromatic rings. The van der Waals surface area contributed by atoms with E-state index < -0.39 is 0 Å². The normalized spacial score (nSPS) is 12.8. The molecule has 1 amide bonds. The molecular weight excluding hydrogens is 330 g/mol. The molecule has 1 aromatic heterocycles. The maximum atomic E-state index is 12.5. The number of thioether (sulfide) groups is 1. The summed E-state index contributed by atoms with van der Waals surface area (Å²) in [6.45, 7) is 3.43. The van der Waals surface area contributed by atoms with E-state index in [1.54, 1.807) is 11.8 Å². The summed E-state index contributed by atoms with van der Waals surface area (Å²) < 4.78 is 2.22. The van der Waals surface area contributed by atoms with Crippen LogP contribution in [0.2, 0.25) is 0 Å². The van der Waals surface area contributed by atoms with Gasteiger partial charge in [0.1, 0.15) is 0 Å². The Bertz CT molecular complexity index is 901. The summed E-state index contributed by atoms with van der Waals surface area (Å²) in [7, 11) is 0. The summed E-state index contributed by atoms with van der Waals surface area (Å²) in [5, 5.41) is 4.09. The largest absolute Gasteiger partial charge is 0.346 e. The molecule has 1 N–H and O–H groups in total. The highest BCUT2D eigenvalue weighted by Crippen LogP contribution is 2.33. The first-order valence-electron chi connectivity index (χ1n) is 8.35. The van der Waals surface area contributed by atoms with E-state index >= 15 is 0 Å². The highest BCUT2D eigenvalue weighted by atomic mass is 32.2. The van der Waals surface area contributed by atoms with Gasteiger partial charge in [-0.2, -0.15) is 0 Å². The molecule has 0 fully saturated rings. The van der Waals surface area contributed by atoms with Crippen LogP contribution in [0.1, 0.15) is 21.6 Å². The summed E-state index contributed by atoms with van der Waals surface area (Å²) in [5.41, 5.74) is 4.96. The number of amides is 1. The zero-order valence-corrected chi connectivity index (χ0v) is 14.8. The van der Waals surface area contributed by atoms with Gasteiger partial charge in [-0.15, -0.1) is 0 Å². The number of hydrogen-bond acceptors (Lipinski definition) is 3. The van der Waals surface area contributed by atoms with Crippen LogP contribution in [0.3, 0.4) is 0 Å². The number of nitrogens with zero attached hydrogens (tertiary/aromatic N) is 2. The molecule has 0 unspecified atom stereocenters. The van der Waals surface area contributed by atoms with Crippen LogP contribution < -0.4 is 5.32 Å². The van der Waals surface area contributed by atoms with E-state index in [0.717, 1.165) is 40.0 Å². The maximum Gasteiger partial charge on any atom is 0.251 e. The minimum Gasteiger partial charge on any atom is -0.346 e. The van der Waals surface area contributed by atoms with Gasteiger partial charge in [-0.25, -0.2) is 4.98 Å². The van der Waals surface area contributed by atoms with Gasteiger partial charge in [0.05, 0.1) is 17.9 Å². The van der Waals surface area contributed by atoms with Crippen molar-refractivity contribution >= 4 is 17.7 Å². The van der Waals surface area contributed by atoms with Crippen molar-refractivity contribution in [2.24, 2.45) is 0 Å². The van der Waals surface area contributed by atoms with Gasteiger partial charge in [0.25, 0.3) is 5.91 Å². The van der Waals surface area contributed by atoms with Crippen molar-refractivity contribution in [3.05, 3.63) is 71.4 Å². The Labute approximate surface area is 151 Å². The van der Waals surface area contributed by atoms with Crippen molar-refractivity contribution < 1.29 is 4.79 Å². The predicted octanol–water partition coefficient (Wildman–Crippen LogP) is 3.89. The Morgan fingerprint density at radius 1 is 1.16 bits per heavy atom. The molecule has 1 aliphatic heterocycles. The molecule has 1 aliphatic rings. The first-order valence-corrected chi connectivity index (χ1v) is 9.33. The molecular formula is C20H19N3OS. The van der Waals surface area contributed by atoms with E-state index in [2.05, 4.69) is 22.0 Å². The second-order valence-electron chi connectivity index (χ2n) is 6.10. The number of aryl methyl sites for hydroxylation is 1. The Morgan fingerprint density at radius 2 is 1.92 bits per heavy atom. The van der Waals surface area contributed by atoms with E-state index in [9.17, 15) is 4.79 Å². The molecule has 0 saturated carbocycles. The minimum atomic E-state index is -0.0554. The fourth-order valence-electron chi connectivity index (χ4n) is 3.01. The minimum absolute atomic E-state index is 0.0554. The zero-order valence-electron chi connectivity index (χ0n) is 14.0. The molecule has 4 rings (SSSR count). The van der Waals surface area contributed by atoms with E-state index in [1.165, 1.54) is 0 Å². The Balaban J connectivity index is 1.60. The maximum absolute atomic E-state index is 12.5. The number of carbonyl (C=O) groups excluding carboxylic acids is 1. The topological polar surface area (TPSA) is 46.9 Å². The lowest BCUT2D eigenvalue weighted by atomic mass is 10.1. The summed E-state index contributed by atoms with van der Waals surface area (Å²) in [4.78, 5) is 17.3. The Kier molecular flexibility index (Phi) is 4.32. The van der Waals surface area contributed by atoms with Crippen molar-refractivity contribution in [1.29, 1.82) is 0 Å². The van der Waals surface area contributed by atoms with Crippen LogP contribution in [0.25, 0.3) is 11.3 Å². The van der Waals surface area contributed by atoms with Crippen molar-refractivity contribution in [1.82, 2.24) is 14.9 Å². The van der Waals surface area contributed by atoms with Crippen molar-refractivity contribution in [3.63, 3.8) is 0 Å². The zero-order chi connectivity index (χ0) is 17.2. The third-order valence-electron chi connectivity index (χ3n) is 4.36. The number of imidazole rings is 1. The number of fused-ring (bicyclic) bond motifs is 1. The summed E-state index contributed by atoms with van der Waals surface area (Å²) in [6.07, 6.45) is 0. The first-order chi connectivity index (χ1) is 12.2. The van der Waals surface area contributed by atoms with E-state index in [-0.39, 0.29) is 5.91 Å². The Morgan fingerprint density at radius 3 is 2.68 bits per heavy atom. The molecule has 2 heterocycles. The molecule has 0 radical (unpaired) electrons. The van der Waals surface area contributed by atoms with Crippen LogP contribution >= 0.6 is 11.8 Å². The predicted molar refractivity (Wildman–Crippen MR) is 101 cm³/mol. The lowest BCUT2D eigenvalue weighted by Gasteiger charge is -2.10. The van der Waals surface area contributed by atoms with Crippen LogP contribution in [0, 0.1) is 6.92 Å². The van der Waals surface area contributed by atoms with Crippen molar-refractivity contribution in [3.8, 4) is 11.3 Å². The SMILES string of the molecule is Cc1ccc(C(=O)NCc2c(-c3ccccc3)nc3n2CCS3)cc1. The Hall–Kier alpha value is -2.53. The number of carbonyl (C=O) groups is 1. The molecule has 0 atom stereocenters. The van der Waals surface area contributed by atoms with Crippen LogP contribution in [0.5, 0.6) is 0 Å². The van der Waals surface area contributed by atoms with Gasteiger partial charge < -0.3 is 9.88 Å². The van der Waals surface area contributed by atoms with Crippen LogP contribution in [-0.4, -0.2) is 21.2 Å². The lowest BCUT2D eigenvalue weighted by molar-refractivity contribution is 0.0950. The molecule has 2 aromatic carbocycles. The molecule has 25 heavy (non-hydrogen) atoms. The number of rotatable bonds is 4. The summed E-state index contributed by atoms with van der Waals surface area (Å²) in [5.74, 6) is 0.983. The average molecular weight is 349 g/mol. The summed E-state index contributed by atoms with van der Waals surface area (Å²) >= 11 is 1.77. The fraction of sp³-hybridized carbons (Fsp3) is 0.200. The van der Waals surface area contributed by atoms with Gasteiger partial charge in [-0.05, 0) is 19.1 Å². The van der Waals surface area contributed by atoms with Crippen LogP contribution in [0.4, 0.5) is 0 Å². The van der Waals surface area contributed by atoms with Crippen molar-refractivity contribution in [2.75, 3.05) is 5.75 Å². The number of hydrogen-bond donors (Lipinski definition) is 1. The van der Waals surface area contributed by atoms with Gasteiger partial charge in [-0.3, -0.25) is 4.79 Å². The third kappa shape index (κ3) is 3.20. The fourth-order valence-corrected chi connectivity index (χ4v) is 3.98. The number of benzene rings is 2. The molecule has 0 bridgehead atoms. The molecule has 0 spiro atoms. The number of aromatic nitrogens is 2. The van der Waals surface area contributed by atoms with E-state index in [4.69, 9.17) is 4.98 Å². The smallest absolute Gasteiger partial charge is 0.251 e. The van der Waals surface area contributed by atoms with E-state index in [0.29, 0.717) is 12.1 Å². The molecule has 4 nitrogen and oxygen atoms in total. The van der Waals surface area contributed by atoms with Crippen molar-refractivity contribution in [2.45, 2.75) is 25.2 Å². The highest BCUT2D eigenvalue weighted by molar-refractivity contribution is 7.99. The van der Waals surface area contributed by atoms with Gasteiger partial charge in [0.2, 0.25) is 0 Å². The number of nitrogens with one attached hydrogen (secondary N) is 1. The second-order valence-corrected chi connectivity index (χ2v) is 7.17. The van der Waals surface area contributed by atoms with Gasteiger partial charge in [0.15, 0.2) is 5.16 Å². The van der Waals surface area contributed by atoms with Gasteiger partial charge >= 0.3 is 0 Å². The second kappa shape index (κ2) is 6.76. The van der Waals surface area contributed by atoms with Crippen LogP contribution in [-0.2, 0) is 13.1 Å². The first kappa shape index (κ1) is 16.0. The molecule has 126 valence electrons. The molecule has 0 aliphatic carbocycles. The van der Waals surface area contributed by atoms with Gasteiger partial charge in [-0.1, -0.05) is 59.8 Å². The van der Waals surface area contributed by atoms with Gasteiger partial charge in [0, 0.05) is 23.4 Å². The standard InChI is InChI=1S/C20H19N3OS/c1-14-7-9-16(10-8-14)19(24)21-13-17-18(15-5-3-2-4-6-15)22-20-23(17)11-12-25-20/h2-10H,11-13H2,1H3,(H,21,24). The molecule has 5 heteroatoms. The monoisotopic (exact) mass is 349 g/mol. The van der Waals surface area contributed by atoms with Crippen LogP contribution in [0.15, 0.2) is 59.8 Å². The molecule has 0 saturated heterocycles. The lowest BCUT2D eigenvalue weighted by Crippen LogP contribution is -2.24. The van der Waals surface area contributed by atoms with E-state index in [1.807, 2.05) is 49.4 Å². The summed E-state index contributed by atoms with van der Waals surface area (Å²) in [6, 6.07) is 17.8. The quantitative estimate of drug-likeness (QED) is 0.777. The third-order valence-corrected chi connectivity index (χ3v) is 5.32.